The van der Waals surface area contributed by atoms with E-state index in [1.54, 1.807) is 6.92 Å². The lowest BCUT2D eigenvalue weighted by Crippen LogP contribution is -2.03. The Labute approximate surface area is 57.9 Å². The highest BCUT2D eigenvalue weighted by molar-refractivity contribution is 5.06. The lowest BCUT2D eigenvalue weighted by molar-refractivity contribution is 0.115. The van der Waals surface area contributed by atoms with Gasteiger partial charge in [-0.15, -0.1) is 10.2 Å². The lowest BCUT2D eigenvalue weighted by Gasteiger charge is -1.96. The maximum absolute atomic E-state index is 9.42. The second kappa shape index (κ2) is 1.58. The Hall–Kier alpha value is -0.900. The van der Waals surface area contributed by atoms with E-state index < -0.39 is 5.60 Å². The maximum Gasteiger partial charge on any atom is 0.247 e. The predicted molar refractivity (Wildman–Crippen MR) is 32.2 cm³/mol. The Morgan fingerprint density at radius 3 is 2.60 bits per heavy atom. The van der Waals surface area contributed by atoms with E-state index in [9.17, 15) is 5.11 Å². The van der Waals surface area contributed by atoms with Crippen molar-refractivity contribution in [3.8, 4) is 0 Å². The van der Waals surface area contributed by atoms with E-state index in [0.29, 0.717) is 11.8 Å². The van der Waals surface area contributed by atoms with E-state index in [1.165, 1.54) is 0 Å². The summed E-state index contributed by atoms with van der Waals surface area (Å²) < 4.78 is 5.04. The highest BCUT2D eigenvalue weighted by Crippen LogP contribution is 2.44. The van der Waals surface area contributed by atoms with Crippen molar-refractivity contribution in [3.05, 3.63) is 11.8 Å². The van der Waals surface area contributed by atoms with Gasteiger partial charge in [0, 0.05) is 6.92 Å². The highest BCUT2D eigenvalue weighted by Gasteiger charge is 2.47. The van der Waals surface area contributed by atoms with Crippen molar-refractivity contribution in [2.45, 2.75) is 25.4 Å². The standard InChI is InChI=1S/C6H8N2O2/c1-4-7-8-5(10-4)6(9)2-3-6/h9H,2-3H2,1H3. The molecule has 1 N–H and O–H groups in total. The van der Waals surface area contributed by atoms with Gasteiger partial charge in [-0.25, -0.2) is 0 Å². The molecule has 4 nitrogen and oxygen atoms in total. The van der Waals surface area contributed by atoms with Gasteiger partial charge in [-0.1, -0.05) is 0 Å². The molecule has 1 aromatic rings. The molecule has 0 amide bonds. The zero-order valence-corrected chi connectivity index (χ0v) is 5.66. The van der Waals surface area contributed by atoms with Gasteiger partial charge in [-0.05, 0) is 12.8 Å². The molecule has 0 atom stereocenters. The Balaban J connectivity index is 2.34. The lowest BCUT2D eigenvalue weighted by atomic mass is 10.3. The van der Waals surface area contributed by atoms with E-state index in [1.807, 2.05) is 0 Å². The van der Waals surface area contributed by atoms with Crippen LogP contribution < -0.4 is 0 Å². The van der Waals surface area contributed by atoms with Crippen molar-refractivity contribution in [2.75, 3.05) is 0 Å². The SMILES string of the molecule is Cc1nnc(C2(O)CC2)o1. The normalized spacial score (nSPS) is 21.0. The minimum atomic E-state index is -0.777. The summed E-state index contributed by atoms with van der Waals surface area (Å²) in [4.78, 5) is 0. The van der Waals surface area contributed by atoms with Gasteiger partial charge in [-0.3, -0.25) is 0 Å². The van der Waals surface area contributed by atoms with Crippen LogP contribution in [0.2, 0.25) is 0 Å². The van der Waals surface area contributed by atoms with Crippen LogP contribution >= 0.6 is 0 Å². The van der Waals surface area contributed by atoms with Crippen LogP contribution in [0.5, 0.6) is 0 Å². The first-order chi connectivity index (χ1) is 4.71. The van der Waals surface area contributed by atoms with E-state index in [-0.39, 0.29) is 0 Å². The number of nitrogens with zero attached hydrogens (tertiary/aromatic N) is 2. The first-order valence-corrected chi connectivity index (χ1v) is 3.24. The van der Waals surface area contributed by atoms with E-state index in [2.05, 4.69) is 10.2 Å². The molecular weight excluding hydrogens is 132 g/mol. The molecule has 2 rings (SSSR count). The summed E-state index contributed by atoms with van der Waals surface area (Å²) in [5, 5.41) is 16.7. The Bertz CT molecular complexity index is 252. The molecule has 1 aromatic heterocycles. The number of hydrogen-bond donors (Lipinski definition) is 1. The van der Waals surface area contributed by atoms with Crippen LogP contribution in [-0.4, -0.2) is 15.3 Å². The second-order valence-corrected chi connectivity index (χ2v) is 2.66. The monoisotopic (exact) mass is 140 g/mol. The fourth-order valence-corrected chi connectivity index (χ4v) is 0.817. The predicted octanol–water partition coefficient (Wildman–Crippen LogP) is 0.359. The summed E-state index contributed by atoms with van der Waals surface area (Å²) >= 11 is 0. The van der Waals surface area contributed by atoms with Crippen molar-refractivity contribution in [1.82, 2.24) is 10.2 Å². The smallest absolute Gasteiger partial charge is 0.247 e. The molecule has 10 heavy (non-hydrogen) atoms. The number of rotatable bonds is 1. The van der Waals surface area contributed by atoms with Crippen LogP contribution in [0, 0.1) is 6.92 Å². The second-order valence-electron chi connectivity index (χ2n) is 2.66. The minimum Gasteiger partial charge on any atom is -0.422 e. The van der Waals surface area contributed by atoms with E-state index in [4.69, 9.17) is 4.42 Å². The van der Waals surface area contributed by atoms with Crippen molar-refractivity contribution < 1.29 is 9.52 Å². The topological polar surface area (TPSA) is 59.2 Å². The van der Waals surface area contributed by atoms with Crippen LogP contribution in [-0.2, 0) is 5.60 Å². The van der Waals surface area contributed by atoms with Crippen LogP contribution in [0.4, 0.5) is 0 Å². The number of aryl methyl sites for hydroxylation is 1. The Morgan fingerprint density at radius 2 is 2.20 bits per heavy atom. The minimum absolute atomic E-state index is 0.366. The van der Waals surface area contributed by atoms with Gasteiger partial charge in [0.15, 0.2) is 0 Å². The Kier molecular flexibility index (Phi) is 0.922. The van der Waals surface area contributed by atoms with Gasteiger partial charge in [0.2, 0.25) is 11.8 Å². The van der Waals surface area contributed by atoms with E-state index in [0.717, 1.165) is 12.8 Å². The summed E-state index contributed by atoms with van der Waals surface area (Å²) in [6.07, 6.45) is 1.49. The first kappa shape index (κ1) is 5.85. The Morgan fingerprint density at radius 1 is 1.50 bits per heavy atom. The molecule has 0 bridgehead atoms. The summed E-state index contributed by atoms with van der Waals surface area (Å²) in [6.45, 7) is 1.71. The first-order valence-electron chi connectivity index (χ1n) is 3.24. The van der Waals surface area contributed by atoms with E-state index >= 15 is 0 Å². The molecule has 0 radical (unpaired) electrons. The van der Waals surface area contributed by atoms with Crippen LogP contribution in [0.15, 0.2) is 4.42 Å². The molecule has 0 aliphatic heterocycles. The molecule has 0 saturated heterocycles. The zero-order chi connectivity index (χ0) is 7.19. The molecule has 54 valence electrons. The fraction of sp³-hybridized carbons (Fsp3) is 0.667. The van der Waals surface area contributed by atoms with Gasteiger partial charge in [0.25, 0.3) is 0 Å². The molecule has 1 aliphatic carbocycles. The maximum atomic E-state index is 9.42. The highest BCUT2D eigenvalue weighted by atomic mass is 16.4. The fourth-order valence-electron chi connectivity index (χ4n) is 0.817. The van der Waals surface area contributed by atoms with Crippen LogP contribution in [0.1, 0.15) is 24.6 Å². The third-order valence-corrected chi connectivity index (χ3v) is 1.65. The number of aromatic nitrogens is 2. The molecule has 0 spiro atoms. The third kappa shape index (κ3) is 0.724. The number of aliphatic hydroxyl groups is 1. The molecule has 1 saturated carbocycles. The molecule has 1 fully saturated rings. The summed E-state index contributed by atoms with van der Waals surface area (Å²) in [5.74, 6) is 0.875. The van der Waals surface area contributed by atoms with Crippen LogP contribution in [0.25, 0.3) is 0 Å². The van der Waals surface area contributed by atoms with Gasteiger partial charge < -0.3 is 9.52 Å². The molecule has 0 unspecified atom stereocenters. The largest absolute Gasteiger partial charge is 0.422 e. The van der Waals surface area contributed by atoms with Gasteiger partial charge in [-0.2, -0.15) is 0 Å². The molecule has 4 heteroatoms. The van der Waals surface area contributed by atoms with Gasteiger partial charge >= 0.3 is 0 Å². The molecular formula is C6H8N2O2. The summed E-state index contributed by atoms with van der Waals surface area (Å²) in [6, 6.07) is 0. The molecule has 1 heterocycles. The average Bonchev–Trinajstić information content (AvgIpc) is 2.45. The summed E-state index contributed by atoms with van der Waals surface area (Å²) in [5.41, 5.74) is -0.777. The van der Waals surface area contributed by atoms with Crippen molar-refractivity contribution in [3.63, 3.8) is 0 Å². The number of hydrogen-bond acceptors (Lipinski definition) is 4. The van der Waals surface area contributed by atoms with Crippen molar-refractivity contribution in [2.24, 2.45) is 0 Å². The summed E-state index contributed by atoms with van der Waals surface area (Å²) in [7, 11) is 0. The zero-order valence-electron chi connectivity index (χ0n) is 5.66. The molecule has 1 aliphatic rings. The van der Waals surface area contributed by atoms with Gasteiger partial charge in [0.05, 0.1) is 0 Å². The third-order valence-electron chi connectivity index (χ3n) is 1.65. The van der Waals surface area contributed by atoms with Crippen LogP contribution in [0.3, 0.4) is 0 Å². The molecule has 0 aromatic carbocycles. The quantitative estimate of drug-likeness (QED) is 0.611. The van der Waals surface area contributed by atoms with Crippen molar-refractivity contribution >= 4 is 0 Å². The van der Waals surface area contributed by atoms with Crippen molar-refractivity contribution in [1.29, 1.82) is 0 Å². The van der Waals surface area contributed by atoms with Gasteiger partial charge in [0.1, 0.15) is 5.60 Å². The average molecular weight is 140 g/mol.